The number of nitrogens with zero attached hydrogens (tertiary/aromatic N) is 1. The van der Waals surface area contributed by atoms with Gasteiger partial charge in [-0.3, -0.25) is 9.69 Å². The van der Waals surface area contributed by atoms with Gasteiger partial charge in [0.1, 0.15) is 17.5 Å². The topological polar surface area (TPSA) is 65.1 Å². The van der Waals surface area contributed by atoms with Gasteiger partial charge in [-0.05, 0) is 44.7 Å². The van der Waals surface area contributed by atoms with Crippen molar-refractivity contribution in [3.63, 3.8) is 0 Å². The minimum Gasteiger partial charge on any atom is -0.444 e. The van der Waals surface area contributed by atoms with Gasteiger partial charge in [-0.2, -0.15) is 0 Å². The van der Waals surface area contributed by atoms with Crippen LogP contribution in [0.15, 0.2) is 60.7 Å². The molecule has 0 aliphatic carbocycles. The van der Waals surface area contributed by atoms with Gasteiger partial charge in [0.25, 0.3) is 0 Å². The van der Waals surface area contributed by atoms with Gasteiger partial charge >= 0.3 is 6.09 Å². The summed E-state index contributed by atoms with van der Waals surface area (Å²) in [4.78, 5) is 27.4. The monoisotopic (exact) mass is 467 g/mol. The van der Waals surface area contributed by atoms with Gasteiger partial charge in [-0.25, -0.2) is 4.79 Å². The van der Waals surface area contributed by atoms with Crippen molar-refractivity contribution in [2.45, 2.75) is 84.0 Å². The molecule has 0 unspecified atom stereocenters. The Morgan fingerprint density at radius 3 is 2.29 bits per heavy atom. The second kappa shape index (κ2) is 12.1. The van der Waals surface area contributed by atoms with Gasteiger partial charge in [0.05, 0.1) is 19.3 Å². The van der Waals surface area contributed by atoms with Crippen LogP contribution in [0.4, 0.5) is 4.79 Å². The third-order valence-electron chi connectivity index (χ3n) is 5.68. The van der Waals surface area contributed by atoms with Gasteiger partial charge in [-0.15, -0.1) is 0 Å². The first kappa shape index (κ1) is 25.9. The summed E-state index contributed by atoms with van der Waals surface area (Å²) >= 11 is 0. The summed E-state index contributed by atoms with van der Waals surface area (Å²) in [7, 11) is 0. The fraction of sp³-hybridized carbons (Fsp3) is 0.500. The summed E-state index contributed by atoms with van der Waals surface area (Å²) in [6.07, 6.45) is 0.633. The van der Waals surface area contributed by atoms with Crippen LogP contribution in [-0.4, -0.2) is 41.3 Å². The van der Waals surface area contributed by atoms with Crippen LogP contribution in [0.3, 0.4) is 0 Å². The van der Waals surface area contributed by atoms with Crippen LogP contribution in [0, 0.1) is 0 Å². The number of carbonyl (C=O) groups excluding carboxylic acids is 2. The SMILES string of the molecule is CCCC(=O)CC[C@H](OCc1ccccc1)[C@H]1OC[C@@H](c2ccccc2)N1C(=O)OC(C)(C)C. The Balaban J connectivity index is 1.86. The maximum absolute atomic E-state index is 13.4. The summed E-state index contributed by atoms with van der Waals surface area (Å²) in [6.45, 7) is 8.24. The van der Waals surface area contributed by atoms with Crippen LogP contribution in [0.25, 0.3) is 0 Å². The molecule has 1 fully saturated rings. The Morgan fingerprint density at radius 2 is 1.68 bits per heavy atom. The van der Waals surface area contributed by atoms with Crippen LogP contribution in [0.2, 0.25) is 0 Å². The molecule has 0 N–H and O–H groups in total. The predicted molar refractivity (Wildman–Crippen MR) is 131 cm³/mol. The third-order valence-corrected chi connectivity index (χ3v) is 5.68. The molecule has 1 saturated heterocycles. The van der Waals surface area contributed by atoms with Crippen molar-refractivity contribution < 1.29 is 23.8 Å². The molecule has 34 heavy (non-hydrogen) atoms. The molecule has 0 bridgehead atoms. The van der Waals surface area contributed by atoms with Crippen LogP contribution in [0.5, 0.6) is 0 Å². The molecule has 0 radical (unpaired) electrons. The van der Waals surface area contributed by atoms with Gasteiger partial charge in [0, 0.05) is 12.8 Å². The number of Topliss-reactive ketones (excluding diaryl/α,β-unsaturated/α-hetero) is 1. The third kappa shape index (κ3) is 7.40. The Labute approximate surface area is 203 Å². The average Bonchev–Trinajstić information content (AvgIpc) is 3.25. The maximum Gasteiger partial charge on any atom is 0.413 e. The van der Waals surface area contributed by atoms with Gasteiger partial charge in [-0.1, -0.05) is 67.6 Å². The van der Waals surface area contributed by atoms with Gasteiger partial charge < -0.3 is 14.2 Å². The molecule has 2 aromatic rings. The second-order valence-electron chi connectivity index (χ2n) is 9.70. The second-order valence-corrected chi connectivity index (χ2v) is 9.70. The smallest absolute Gasteiger partial charge is 0.413 e. The Bertz CT molecular complexity index is 909. The molecular formula is C28H37NO5. The van der Waals surface area contributed by atoms with E-state index in [0.717, 1.165) is 17.5 Å². The number of hydrogen-bond acceptors (Lipinski definition) is 5. The van der Waals surface area contributed by atoms with Crippen LogP contribution in [-0.2, 0) is 25.6 Å². The highest BCUT2D eigenvalue weighted by Crippen LogP contribution is 2.35. The lowest BCUT2D eigenvalue weighted by Crippen LogP contribution is -2.47. The molecule has 0 aromatic heterocycles. The zero-order chi connectivity index (χ0) is 24.6. The van der Waals surface area contributed by atoms with E-state index in [-0.39, 0.29) is 11.8 Å². The van der Waals surface area contributed by atoms with Crippen molar-refractivity contribution in [1.82, 2.24) is 4.90 Å². The highest BCUT2D eigenvalue weighted by Gasteiger charge is 2.45. The van der Waals surface area contributed by atoms with E-state index in [0.29, 0.717) is 32.5 Å². The highest BCUT2D eigenvalue weighted by molar-refractivity contribution is 5.78. The van der Waals surface area contributed by atoms with Gasteiger partial charge in [0.15, 0.2) is 6.23 Å². The summed E-state index contributed by atoms with van der Waals surface area (Å²) in [5.41, 5.74) is 1.34. The van der Waals surface area contributed by atoms with Crippen LogP contribution < -0.4 is 0 Å². The lowest BCUT2D eigenvalue weighted by molar-refractivity contribution is -0.124. The zero-order valence-corrected chi connectivity index (χ0v) is 20.7. The zero-order valence-electron chi connectivity index (χ0n) is 20.7. The minimum absolute atomic E-state index is 0.192. The molecule has 0 saturated carbocycles. The molecule has 0 spiro atoms. The summed E-state index contributed by atoms with van der Waals surface area (Å²) in [6, 6.07) is 19.4. The minimum atomic E-state index is -0.654. The van der Waals surface area contributed by atoms with Crippen molar-refractivity contribution in [3.05, 3.63) is 71.8 Å². The fourth-order valence-electron chi connectivity index (χ4n) is 4.08. The quantitative estimate of drug-likeness (QED) is 0.425. The van der Waals surface area contributed by atoms with E-state index >= 15 is 0 Å². The van der Waals surface area contributed by atoms with Crippen molar-refractivity contribution >= 4 is 11.9 Å². The largest absolute Gasteiger partial charge is 0.444 e. The number of ether oxygens (including phenoxy) is 3. The van der Waals surface area contributed by atoms with Crippen molar-refractivity contribution in [1.29, 1.82) is 0 Å². The lowest BCUT2D eigenvalue weighted by Gasteiger charge is -2.34. The highest BCUT2D eigenvalue weighted by atomic mass is 16.6. The summed E-state index contributed by atoms with van der Waals surface area (Å²) < 4.78 is 18.3. The van der Waals surface area contributed by atoms with E-state index in [4.69, 9.17) is 14.2 Å². The first-order valence-corrected chi connectivity index (χ1v) is 12.1. The number of amides is 1. The van der Waals surface area contributed by atoms with Crippen molar-refractivity contribution in [2.24, 2.45) is 0 Å². The molecule has 184 valence electrons. The standard InChI is InChI=1S/C28H37NO5/c1-5-12-23(30)17-18-25(32-19-21-13-8-6-9-14-21)26-29(27(31)34-28(2,3)4)24(20-33-26)22-15-10-7-11-16-22/h6-11,13-16,24-26H,5,12,17-20H2,1-4H3/t24-,25-,26+/m0/s1. The summed E-state index contributed by atoms with van der Waals surface area (Å²) in [5, 5.41) is 0. The lowest BCUT2D eigenvalue weighted by atomic mass is 10.0. The van der Waals surface area contributed by atoms with Crippen LogP contribution >= 0.6 is 0 Å². The Kier molecular flexibility index (Phi) is 9.25. The van der Waals surface area contributed by atoms with Crippen LogP contribution in [0.1, 0.15) is 70.5 Å². The van der Waals surface area contributed by atoms with Crippen molar-refractivity contribution in [2.75, 3.05) is 6.61 Å². The maximum atomic E-state index is 13.4. The number of benzene rings is 2. The predicted octanol–water partition coefficient (Wildman–Crippen LogP) is 6.06. The molecule has 1 heterocycles. The van der Waals surface area contributed by atoms with E-state index in [2.05, 4.69) is 0 Å². The molecular weight excluding hydrogens is 430 g/mol. The molecule has 3 rings (SSSR count). The molecule has 6 heteroatoms. The molecule has 1 aliphatic heterocycles. The van der Waals surface area contributed by atoms with E-state index in [1.54, 1.807) is 4.90 Å². The molecule has 6 nitrogen and oxygen atoms in total. The van der Waals surface area contributed by atoms with E-state index in [1.165, 1.54) is 0 Å². The Hall–Kier alpha value is -2.70. The first-order valence-electron chi connectivity index (χ1n) is 12.1. The number of rotatable bonds is 10. The first-order chi connectivity index (χ1) is 16.3. The number of carbonyl (C=O) groups is 2. The van der Waals surface area contributed by atoms with E-state index in [9.17, 15) is 9.59 Å². The molecule has 3 atom stereocenters. The molecule has 1 amide bonds. The fourth-order valence-corrected chi connectivity index (χ4v) is 4.08. The number of hydrogen-bond donors (Lipinski definition) is 0. The number of ketones is 1. The van der Waals surface area contributed by atoms with Crippen molar-refractivity contribution in [3.8, 4) is 0 Å². The Morgan fingerprint density at radius 1 is 1.03 bits per heavy atom. The van der Waals surface area contributed by atoms with E-state index < -0.39 is 24.0 Å². The normalized spacial score (nSPS) is 19.1. The van der Waals surface area contributed by atoms with Gasteiger partial charge in [0.2, 0.25) is 0 Å². The molecule has 1 aliphatic rings. The molecule has 2 aromatic carbocycles. The van der Waals surface area contributed by atoms with E-state index in [1.807, 2.05) is 88.4 Å². The summed E-state index contributed by atoms with van der Waals surface area (Å²) in [5.74, 6) is 0.192. The average molecular weight is 468 g/mol.